The zero-order chi connectivity index (χ0) is 20.7. The van der Waals surface area contributed by atoms with Crippen LogP contribution in [0.4, 0.5) is 0 Å². The van der Waals surface area contributed by atoms with Crippen LogP contribution in [0.1, 0.15) is 105 Å². The van der Waals surface area contributed by atoms with Gasteiger partial charge in [-0.2, -0.15) is 0 Å². The third-order valence-electron chi connectivity index (χ3n) is 11.6. The molecule has 4 aliphatic rings. The highest BCUT2D eigenvalue weighted by Crippen LogP contribution is 2.67. The Bertz CT molecular complexity index is 548. The van der Waals surface area contributed by atoms with Crippen molar-refractivity contribution in [2.75, 3.05) is 6.61 Å². The molecule has 0 aromatic rings. The van der Waals surface area contributed by atoms with Gasteiger partial charge in [-0.1, -0.05) is 47.5 Å². The van der Waals surface area contributed by atoms with Crippen molar-refractivity contribution in [1.29, 1.82) is 0 Å². The number of rotatable bonds is 7. The van der Waals surface area contributed by atoms with Gasteiger partial charge in [0.1, 0.15) is 0 Å². The maximum atomic E-state index is 6.70. The Labute approximate surface area is 183 Å². The van der Waals surface area contributed by atoms with E-state index in [1.54, 1.807) is 25.7 Å². The third-order valence-corrected chi connectivity index (χ3v) is 16.3. The van der Waals surface area contributed by atoms with Gasteiger partial charge in [0, 0.05) is 6.61 Å². The normalized spacial score (nSPS) is 44.8. The molecule has 4 aliphatic carbocycles. The van der Waals surface area contributed by atoms with E-state index in [-0.39, 0.29) is 0 Å². The molecule has 29 heavy (non-hydrogen) atoms. The molecule has 0 amide bonds. The van der Waals surface area contributed by atoms with E-state index < -0.39 is 8.32 Å². The largest absolute Gasteiger partial charge is 0.417 e. The van der Waals surface area contributed by atoms with Gasteiger partial charge in [-0.15, -0.1) is 0 Å². The number of hydrogen-bond donors (Lipinski definition) is 0. The topological polar surface area (TPSA) is 9.23 Å². The number of fused-ring (bicyclic) bond motifs is 5. The predicted octanol–water partition coefficient (Wildman–Crippen LogP) is 8.45. The standard InChI is InChI=1S/C27H50OSi/c1-6-29(7-2,8-3)28-20-17-22-13-15-24-23-14-12-21-11-9-10-18-26(21,4)25(23)16-19-27(22,24)5/h21-25H,6-20H2,1-5H3/t21?,22-,23+,24+,25+,26+,27-/m1/s1. The van der Waals surface area contributed by atoms with Gasteiger partial charge in [0.25, 0.3) is 0 Å². The first-order chi connectivity index (χ1) is 13.9. The van der Waals surface area contributed by atoms with Gasteiger partial charge < -0.3 is 4.43 Å². The van der Waals surface area contributed by atoms with Gasteiger partial charge >= 0.3 is 0 Å². The van der Waals surface area contributed by atoms with E-state index in [0.29, 0.717) is 10.8 Å². The van der Waals surface area contributed by atoms with Crippen molar-refractivity contribution in [1.82, 2.24) is 0 Å². The summed E-state index contributed by atoms with van der Waals surface area (Å²) in [7, 11) is -1.41. The van der Waals surface area contributed by atoms with Crippen LogP contribution in [0.2, 0.25) is 18.1 Å². The molecular weight excluding hydrogens is 368 g/mol. The Morgan fingerprint density at radius 2 is 1.48 bits per heavy atom. The lowest BCUT2D eigenvalue weighted by Crippen LogP contribution is -2.52. The van der Waals surface area contributed by atoms with Crippen LogP contribution < -0.4 is 0 Å². The highest BCUT2D eigenvalue weighted by molar-refractivity contribution is 6.73. The van der Waals surface area contributed by atoms with Gasteiger partial charge in [0.05, 0.1) is 0 Å². The molecule has 0 N–H and O–H groups in total. The average molecular weight is 419 g/mol. The summed E-state index contributed by atoms with van der Waals surface area (Å²) in [5.41, 5.74) is 1.32. The lowest BCUT2D eigenvalue weighted by Gasteiger charge is -2.60. The summed E-state index contributed by atoms with van der Waals surface area (Å²) in [5.74, 6) is 5.12. The van der Waals surface area contributed by atoms with Crippen molar-refractivity contribution < 1.29 is 4.43 Å². The Balaban J connectivity index is 1.41. The van der Waals surface area contributed by atoms with Gasteiger partial charge in [-0.05, 0) is 116 Å². The predicted molar refractivity (Wildman–Crippen MR) is 128 cm³/mol. The first kappa shape index (κ1) is 22.4. The fourth-order valence-corrected chi connectivity index (χ4v) is 12.0. The molecule has 4 saturated carbocycles. The van der Waals surface area contributed by atoms with Crippen LogP contribution >= 0.6 is 0 Å². The van der Waals surface area contributed by atoms with E-state index in [4.69, 9.17) is 4.43 Å². The Kier molecular flexibility index (Phi) is 6.64. The van der Waals surface area contributed by atoms with Crippen molar-refractivity contribution in [3.8, 4) is 0 Å². The summed E-state index contributed by atoms with van der Waals surface area (Å²) in [6, 6.07) is 3.90. The molecule has 4 fully saturated rings. The lowest BCUT2D eigenvalue weighted by atomic mass is 9.45. The van der Waals surface area contributed by atoms with Gasteiger partial charge in [-0.25, -0.2) is 0 Å². The second kappa shape index (κ2) is 8.61. The summed E-state index contributed by atoms with van der Waals surface area (Å²) >= 11 is 0. The van der Waals surface area contributed by atoms with Crippen LogP contribution in [0.5, 0.6) is 0 Å². The molecule has 0 aromatic heterocycles. The van der Waals surface area contributed by atoms with Crippen molar-refractivity contribution in [3.05, 3.63) is 0 Å². The molecule has 0 radical (unpaired) electrons. The molecule has 0 aliphatic heterocycles. The van der Waals surface area contributed by atoms with E-state index in [9.17, 15) is 0 Å². The van der Waals surface area contributed by atoms with Crippen molar-refractivity contribution in [2.24, 2.45) is 40.4 Å². The molecule has 0 aromatic carbocycles. The van der Waals surface area contributed by atoms with Gasteiger partial charge in [0.15, 0.2) is 8.32 Å². The van der Waals surface area contributed by atoms with Crippen LogP contribution in [0.15, 0.2) is 0 Å². The molecule has 168 valence electrons. The smallest absolute Gasteiger partial charge is 0.191 e. The van der Waals surface area contributed by atoms with E-state index in [1.807, 2.05) is 0 Å². The Hall–Kier alpha value is 0.177. The second-order valence-electron chi connectivity index (χ2n) is 12.1. The molecule has 4 rings (SSSR count). The molecule has 1 nitrogen and oxygen atoms in total. The summed E-state index contributed by atoms with van der Waals surface area (Å²) < 4.78 is 6.70. The highest BCUT2D eigenvalue weighted by Gasteiger charge is 2.59. The summed E-state index contributed by atoms with van der Waals surface area (Å²) in [4.78, 5) is 0. The van der Waals surface area contributed by atoms with Crippen LogP contribution in [0.3, 0.4) is 0 Å². The fraction of sp³-hybridized carbons (Fsp3) is 1.00. The first-order valence-electron chi connectivity index (χ1n) is 13.6. The van der Waals surface area contributed by atoms with Gasteiger partial charge in [0.2, 0.25) is 0 Å². The molecule has 0 spiro atoms. The van der Waals surface area contributed by atoms with E-state index in [1.165, 1.54) is 63.1 Å². The molecule has 7 atom stereocenters. The summed E-state index contributed by atoms with van der Waals surface area (Å²) in [5, 5.41) is 0. The average Bonchev–Trinajstić information content (AvgIpc) is 3.07. The molecule has 0 bridgehead atoms. The first-order valence-corrected chi connectivity index (χ1v) is 16.1. The van der Waals surface area contributed by atoms with E-state index >= 15 is 0 Å². The fourth-order valence-electron chi connectivity index (χ4n) is 9.35. The maximum Gasteiger partial charge on any atom is 0.191 e. The SMILES string of the molecule is CC[Si](CC)(CC)OCC[C@H]1CC[C@H]2[C@@H]3CCC4CCCC[C@]4(C)[C@H]3CC[C@]12C. The van der Waals surface area contributed by atoms with E-state index in [0.717, 1.165) is 36.2 Å². The molecule has 2 heteroatoms. The number of hydrogen-bond acceptors (Lipinski definition) is 1. The van der Waals surface area contributed by atoms with Crippen LogP contribution in [0.25, 0.3) is 0 Å². The van der Waals surface area contributed by atoms with Crippen LogP contribution in [-0.4, -0.2) is 14.9 Å². The Morgan fingerprint density at radius 3 is 2.21 bits per heavy atom. The minimum Gasteiger partial charge on any atom is -0.417 e. The Morgan fingerprint density at radius 1 is 0.759 bits per heavy atom. The van der Waals surface area contributed by atoms with Crippen molar-refractivity contribution >= 4 is 8.32 Å². The minimum atomic E-state index is -1.41. The quantitative estimate of drug-likeness (QED) is 0.377. The van der Waals surface area contributed by atoms with Gasteiger partial charge in [-0.3, -0.25) is 0 Å². The zero-order valence-corrected chi connectivity index (χ0v) is 21.4. The molecular formula is C27H50OSi. The minimum absolute atomic E-state index is 0.622. The van der Waals surface area contributed by atoms with E-state index in [2.05, 4.69) is 34.6 Å². The van der Waals surface area contributed by atoms with Crippen LogP contribution in [0, 0.1) is 40.4 Å². The monoisotopic (exact) mass is 418 g/mol. The molecule has 0 heterocycles. The third kappa shape index (κ3) is 3.71. The van der Waals surface area contributed by atoms with Crippen molar-refractivity contribution in [2.45, 2.75) is 123 Å². The van der Waals surface area contributed by atoms with Crippen LogP contribution in [-0.2, 0) is 4.43 Å². The summed E-state index contributed by atoms with van der Waals surface area (Å²) in [6.07, 6.45) is 16.6. The zero-order valence-electron chi connectivity index (χ0n) is 20.4. The lowest BCUT2D eigenvalue weighted by molar-refractivity contribution is -0.111. The van der Waals surface area contributed by atoms with Crippen molar-refractivity contribution in [3.63, 3.8) is 0 Å². The highest BCUT2D eigenvalue weighted by atomic mass is 28.4. The maximum absolute atomic E-state index is 6.70. The second-order valence-corrected chi connectivity index (χ2v) is 16.9. The molecule has 1 unspecified atom stereocenters. The molecule has 0 saturated heterocycles. The summed E-state index contributed by atoms with van der Waals surface area (Å²) in [6.45, 7) is 13.6.